The third kappa shape index (κ3) is 2.64. The molecular weight excluding hydrogens is 320 g/mol. The molecule has 2 fully saturated rings. The van der Waals surface area contributed by atoms with Gasteiger partial charge in [-0.15, -0.1) is 0 Å². The van der Waals surface area contributed by atoms with Crippen molar-refractivity contribution >= 4 is 22.9 Å². The van der Waals surface area contributed by atoms with Gasteiger partial charge in [0.05, 0.1) is 35.5 Å². The number of nitrogens with zero attached hydrogens (tertiary/aromatic N) is 4. The van der Waals surface area contributed by atoms with Crippen molar-refractivity contribution in [1.82, 2.24) is 14.5 Å². The van der Waals surface area contributed by atoms with Crippen molar-refractivity contribution in [1.29, 1.82) is 5.26 Å². The predicted octanol–water partition coefficient (Wildman–Crippen LogP) is 2.10. The second-order valence-electron chi connectivity index (χ2n) is 6.99. The Balaban J connectivity index is 1.60. The molecule has 0 unspecified atom stereocenters. The van der Waals surface area contributed by atoms with Gasteiger partial charge in [0.25, 0.3) is 0 Å². The first-order chi connectivity index (χ1) is 12.0. The number of aromatic nitrogens is 2. The van der Waals surface area contributed by atoms with Crippen LogP contribution >= 0.6 is 0 Å². The highest BCUT2D eigenvalue weighted by Gasteiger charge is 2.49. The minimum absolute atomic E-state index is 0.189. The molecule has 7 nitrogen and oxygen atoms in total. The molecule has 1 aromatic carbocycles. The fraction of sp³-hybridized carbons (Fsp3) is 0.444. The summed E-state index contributed by atoms with van der Waals surface area (Å²) in [6, 6.07) is 7.45. The second-order valence-corrected chi connectivity index (χ2v) is 6.99. The van der Waals surface area contributed by atoms with Crippen LogP contribution in [0, 0.1) is 17.2 Å². The molecule has 1 saturated heterocycles. The zero-order valence-corrected chi connectivity index (χ0v) is 13.9. The largest absolute Gasteiger partial charge is 0.441 e. The fourth-order valence-corrected chi connectivity index (χ4v) is 3.92. The molecule has 1 spiro atoms. The molecule has 1 aromatic heterocycles. The van der Waals surface area contributed by atoms with Crippen LogP contribution in [0.25, 0.3) is 11.0 Å². The highest BCUT2D eigenvalue weighted by Crippen LogP contribution is 2.38. The standard InChI is InChI=1S/C18H18N4O3/c1-21-10-18(25-17(21)24)5-4-16(23)13(7-18)9-22-11-20-14-3-2-12(8-19)6-15(14)22/h2-3,6,11,13H,4-5,7,9-10H2,1H3/t13-,18-/m0/s1. The number of rotatable bonds is 2. The van der Waals surface area contributed by atoms with Crippen molar-refractivity contribution in [2.45, 2.75) is 31.4 Å². The number of ketones is 1. The van der Waals surface area contributed by atoms with Crippen molar-refractivity contribution in [2.24, 2.45) is 5.92 Å². The summed E-state index contributed by atoms with van der Waals surface area (Å²) in [6.45, 7) is 1.01. The molecule has 128 valence electrons. The number of carbonyl (C=O) groups excluding carboxylic acids is 2. The first kappa shape index (κ1) is 15.6. The molecule has 2 aromatic rings. The summed E-state index contributed by atoms with van der Waals surface area (Å²) in [7, 11) is 1.72. The van der Waals surface area contributed by atoms with Gasteiger partial charge in [0.1, 0.15) is 11.4 Å². The number of hydrogen-bond donors (Lipinski definition) is 0. The number of amides is 1. The number of fused-ring (bicyclic) bond motifs is 1. The maximum atomic E-state index is 12.4. The minimum Gasteiger partial charge on any atom is -0.441 e. The van der Waals surface area contributed by atoms with Crippen LogP contribution in [0.2, 0.25) is 0 Å². The average Bonchev–Trinajstić information content (AvgIpc) is 3.12. The first-order valence-electron chi connectivity index (χ1n) is 8.31. The molecule has 1 aliphatic heterocycles. The third-order valence-electron chi connectivity index (χ3n) is 5.21. The Morgan fingerprint density at radius 3 is 3.00 bits per heavy atom. The summed E-state index contributed by atoms with van der Waals surface area (Å²) in [5.41, 5.74) is 1.64. The first-order valence-corrected chi connectivity index (χ1v) is 8.31. The summed E-state index contributed by atoms with van der Waals surface area (Å²) in [5.74, 6) is -0.0364. The monoisotopic (exact) mass is 338 g/mol. The predicted molar refractivity (Wildman–Crippen MR) is 88.6 cm³/mol. The highest BCUT2D eigenvalue weighted by molar-refractivity contribution is 5.83. The van der Waals surface area contributed by atoms with E-state index in [2.05, 4.69) is 11.1 Å². The van der Waals surface area contributed by atoms with Crippen LogP contribution in [-0.4, -0.2) is 45.5 Å². The zero-order valence-electron chi connectivity index (χ0n) is 13.9. The molecule has 2 heterocycles. The van der Waals surface area contributed by atoms with E-state index in [0.29, 0.717) is 37.9 Å². The summed E-state index contributed by atoms with van der Waals surface area (Å²) < 4.78 is 7.51. The van der Waals surface area contributed by atoms with Gasteiger partial charge in [-0.1, -0.05) is 0 Å². The number of nitriles is 1. The van der Waals surface area contributed by atoms with Crippen LogP contribution in [0.1, 0.15) is 24.8 Å². The molecule has 0 bridgehead atoms. The summed E-state index contributed by atoms with van der Waals surface area (Å²) >= 11 is 0. The summed E-state index contributed by atoms with van der Waals surface area (Å²) in [5, 5.41) is 9.09. The van der Waals surface area contributed by atoms with Gasteiger partial charge in [-0.2, -0.15) is 5.26 Å². The topological polar surface area (TPSA) is 88.2 Å². The van der Waals surface area contributed by atoms with Crippen molar-refractivity contribution < 1.29 is 14.3 Å². The quantitative estimate of drug-likeness (QED) is 0.836. The molecule has 1 amide bonds. The van der Waals surface area contributed by atoms with Crippen molar-refractivity contribution in [2.75, 3.05) is 13.6 Å². The number of carbonyl (C=O) groups is 2. The molecule has 7 heteroatoms. The van der Waals surface area contributed by atoms with Gasteiger partial charge in [-0.3, -0.25) is 4.79 Å². The molecule has 0 radical (unpaired) electrons. The Bertz CT molecular complexity index is 913. The number of ether oxygens (including phenoxy) is 1. The number of likely N-dealkylation sites (N-methyl/N-ethyl adjacent to an activating group) is 1. The molecule has 4 rings (SSSR count). The fourth-order valence-electron chi connectivity index (χ4n) is 3.92. The van der Waals surface area contributed by atoms with Crippen LogP contribution in [0.15, 0.2) is 24.5 Å². The van der Waals surface area contributed by atoms with Gasteiger partial charge in [0.15, 0.2) is 0 Å². The van der Waals surface area contributed by atoms with E-state index in [1.807, 2.05) is 10.6 Å². The summed E-state index contributed by atoms with van der Waals surface area (Å²) in [4.78, 5) is 30.1. The van der Waals surface area contributed by atoms with Gasteiger partial charge < -0.3 is 14.2 Å². The second kappa shape index (κ2) is 5.59. The van der Waals surface area contributed by atoms with E-state index in [1.54, 1.807) is 30.4 Å². The van der Waals surface area contributed by atoms with Crippen LogP contribution in [-0.2, 0) is 16.1 Å². The SMILES string of the molecule is CN1C[C@@]2(CCC(=O)[C@H](Cn3cnc4ccc(C#N)cc43)C2)OC1=O. The van der Waals surface area contributed by atoms with Crippen molar-refractivity contribution in [3.05, 3.63) is 30.1 Å². The van der Waals surface area contributed by atoms with Crippen LogP contribution in [0.4, 0.5) is 4.79 Å². The lowest BCUT2D eigenvalue weighted by molar-refractivity contribution is -0.130. The van der Waals surface area contributed by atoms with Crippen molar-refractivity contribution in [3.8, 4) is 6.07 Å². The Morgan fingerprint density at radius 1 is 1.44 bits per heavy atom. The third-order valence-corrected chi connectivity index (χ3v) is 5.21. The molecule has 0 N–H and O–H groups in total. The lowest BCUT2D eigenvalue weighted by Crippen LogP contribution is -2.43. The minimum atomic E-state index is -0.557. The van der Waals surface area contributed by atoms with E-state index in [0.717, 1.165) is 11.0 Å². The van der Waals surface area contributed by atoms with Gasteiger partial charge in [-0.25, -0.2) is 9.78 Å². The van der Waals surface area contributed by atoms with Crippen molar-refractivity contribution in [3.63, 3.8) is 0 Å². The molecule has 2 aliphatic rings. The van der Waals surface area contributed by atoms with Gasteiger partial charge >= 0.3 is 6.09 Å². The van der Waals surface area contributed by atoms with Crippen LogP contribution in [0.5, 0.6) is 0 Å². The Kier molecular flexibility index (Phi) is 3.49. The van der Waals surface area contributed by atoms with Gasteiger partial charge in [0, 0.05) is 32.4 Å². The zero-order chi connectivity index (χ0) is 17.6. The maximum Gasteiger partial charge on any atom is 0.410 e. The molecular formula is C18H18N4O3. The number of hydrogen-bond acceptors (Lipinski definition) is 5. The highest BCUT2D eigenvalue weighted by atomic mass is 16.6. The van der Waals surface area contributed by atoms with E-state index in [9.17, 15) is 9.59 Å². The van der Waals surface area contributed by atoms with E-state index in [4.69, 9.17) is 10.00 Å². The Hall–Kier alpha value is -2.88. The average molecular weight is 338 g/mol. The van der Waals surface area contributed by atoms with Gasteiger partial charge in [0.2, 0.25) is 0 Å². The molecule has 2 atom stereocenters. The summed E-state index contributed by atoms with van der Waals surface area (Å²) in [6.07, 6.45) is 2.91. The Labute approximate surface area is 144 Å². The van der Waals surface area contributed by atoms with Gasteiger partial charge in [-0.05, 0) is 24.6 Å². The van der Waals surface area contributed by atoms with E-state index >= 15 is 0 Å². The molecule has 25 heavy (non-hydrogen) atoms. The number of imidazole rings is 1. The normalized spacial score (nSPS) is 26.2. The van der Waals surface area contributed by atoms with Crippen LogP contribution in [0.3, 0.4) is 0 Å². The number of benzene rings is 1. The number of Topliss-reactive ketones (excluding diaryl/α,β-unsaturated/α-hetero) is 1. The van der Waals surface area contributed by atoms with E-state index < -0.39 is 5.60 Å². The maximum absolute atomic E-state index is 12.4. The van der Waals surface area contributed by atoms with E-state index in [1.165, 1.54) is 0 Å². The van der Waals surface area contributed by atoms with E-state index in [-0.39, 0.29) is 17.8 Å². The molecule has 1 saturated carbocycles. The smallest absolute Gasteiger partial charge is 0.410 e. The van der Waals surface area contributed by atoms with Crippen LogP contribution < -0.4 is 0 Å². The lowest BCUT2D eigenvalue weighted by Gasteiger charge is -2.35. The molecule has 1 aliphatic carbocycles. The lowest BCUT2D eigenvalue weighted by atomic mass is 9.77. The Morgan fingerprint density at radius 2 is 2.28 bits per heavy atom.